The summed E-state index contributed by atoms with van der Waals surface area (Å²) in [6.07, 6.45) is 0.251. The second-order valence-corrected chi connectivity index (χ2v) is 2.71. The van der Waals surface area contributed by atoms with Crippen molar-refractivity contribution in [3.63, 3.8) is 0 Å². The average molecular weight is 206 g/mol. The van der Waals surface area contributed by atoms with E-state index in [9.17, 15) is 4.79 Å². The molecule has 0 aliphatic heterocycles. The first-order valence-corrected chi connectivity index (χ1v) is 3.59. The van der Waals surface area contributed by atoms with Gasteiger partial charge in [0.25, 0.3) is 0 Å². The van der Waals surface area contributed by atoms with Crippen molar-refractivity contribution in [1.82, 2.24) is 0 Å². The lowest BCUT2D eigenvalue weighted by Gasteiger charge is -1.96. The first-order chi connectivity index (χ1) is 5.18. The average Bonchev–Trinajstić information content (AvgIpc) is 1.85. The third-order valence-corrected chi connectivity index (χ3v) is 1.50. The van der Waals surface area contributed by atoms with E-state index in [-0.39, 0.29) is 24.7 Å². The molecule has 0 unspecified atom stereocenters. The number of nitrogens with two attached hydrogens (primary N) is 1. The highest BCUT2D eigenvalue weighted by molar-refractivity contribution is 6.30. The second-order valence-electron chi connectivity index (χ2n) is 2.27. The fourth-order valence-corrected chi connectivity index (χ4v) is 1.06. The molecule has 0 saturated heterocycles. The number of amides is 1. The molecule has 12 heavy (non-hydrogen) atoms. The first-order valence-electron chi connectivity index (χ1n) is 3.21. The number of carbonyl (C=O) groups excluding carboxylic acids is 1. The summed E-state index contributed by atoms with van der Waals surface area (Å²) in [5, 5.41) is 0.628. The van der Waals surface area contributed by atoms with Crippen LogP contribution in [0.25, 0.3) is 0 Å². The van der Waals surface area contributed by atoms with E-state index in [1.807, 2.05) is 6.07 Å². The van der Waals surface area contributed by atoms with Crippen LogP contribution in [0.1, 0.15) is 5.56 Å². The highest BCUT2D eigenvalue weighted by Crippen LogP contribution is 2.10. The molecule has 66 valence electrons. The highest BCUT2D eigenvalue weighted by atomic mass is 35.5. The Balaban J connectivity index is 0.00000121. The molecule has 2 nitrogen and oxygen atoms in total. The standard InChI is InChI=1S/C8H8ClNO.ClH/c9-7-3-1-2-6(4-7)5-8(10)11;/h1-4H,5H2,(H2,10,11);1H. The summed E-state index contributed by atoms with van der Waals surface area (Å²) in [6, 6.07) is 7.09. The lowest BCUT2D eigenvalue weighted by Crippen LogP contribution is -2.13. The lowest BCUT2D eigenvalue weighted by molar-refractivity contribution is -0.117. The van der Waals surface area contributed by atoms with Gasteiger partial charge in [-0.1, -0.05) is 23.7 Å². The fraction of sp³-hybridized carbons (Fsp3) is 0.125. The van der Waals surface area contributed by atoms with Crippen LogP contribution in [0.5, 0.6) is 0 Å². The van der Waals surface area contributed by atoms with E-state index in [0.717, 1.165) is 5.56 Å². The van der Waals surface area contributed by atoms with Crippen molar-refractivity contribution >= 4 is 29.9 Å². The maximum Gasteiger partial charge on any atom is 0.221 e. The Labute approximate surface area is 82.1 Å². The van der Waals surface area contributed by atoms with Crippen LogP contribution in [-0.2, 0) is 11.2 Å². The molecule has 1 rings (SSSR count). The van der Waals surface area contributed by atoms with Gasteiger partial charge < -0.3 is 5.73 Å². The zero-order valence-electron chi connectivity index (χ0n) is 6.29. The zero-order valence-corrected chi connectivity index (χ0v) is 7.86. The molecule has 0 saturated carbocycles. The monoisotopic (exact) mass is 205 g/mol. The van der Waals surface area contributed by atoms with Crippen molar-refractivity contribution < 1.29 is 4.79 Å². The molecular weight excluding hydrogens is 197 g/mol. The van der Waals surface area contributed by atoms with Gasteiger partial charge in [0.1, 0.15) is 0 Å². The Morgan fingerprint density at radius 3 is 2.67 bits per heavy atom. The van der Waals surface area contributed by atoms with Gasteiger partial charge >= 0.3 is 0 Å². The summed E-state index contributed by atoms with van der Waals surface area (Å²) >= 11 is 5.68. The SMILES string of the molecule is Cl.NC(=O)Cc1cccc(Cl)c1. The second kappa shape index (κ2) is 5.01. The minimum absolute atomic E-state index is 0. The third-order valence-electron chi connectivity index (χ3n) is 1.27. The van der Waals surface area contributed by atoms with Crippen molar-refractivity contribution in [1.29, 1.82) is 0 Å². The van der Waals surface area contributed by atoms with Gasteiger partial charge in [-0.25, -0.2) is 0 Å². The van der Waals surface area contributed by atoms with Gasteiger partial charge in [0.05, 0.1) is 6.42 Å². The number of halogens is 2. The fourth-order valence-electron chi connectivity index (χ4n) is 0.848. The van der Waals surface area contributed by atoms with E-state index in [1.54, 1.807) is 18.2 Å². The van der Waals surface area contributed by atoms with E-state index in [2.05, 4.69) is 0 Å². The summed E-state index contributed by atoms with van der Waals surface area (Å²) in [5.74, 6) is -0.340. The first kappa shape index (κ1) is 11.3. The summed E-state index contributed by atoms with van der Waals surface area (Å²) in [7, 11) is 0. The van der Waals surface area contributed by atoms with Gasteiger partial charge in [0.2, 0.25) is 5.91 Å². The van der Waals surface area contributed by atoms with Crippen LogP contribution in [0.2, 0.25) is 5.02 Å². The molecule has 0 radical (unpaired) electrons. The van der Waals surface area contributed by atoms with Crippen LogP contribution in [0.3, 0.4) is 0 Å². The molecule has 0 aliphatic carbocycles. The van der Waals surface area contributed by atoms with Crippen molar-refractivity contribution in [3.05, 3.63) is 34.9 Å². The summed E-state index contributed by atoms with van der Waals surface area (Å²) in [6.45, 7) is 0. The van der Waals surface area contributed by atoms with E-state index in [1.165, 1.54) is 0 Å². The van der Waals surface area contributed by atoms with Gasteiger partial charge in [-0.3, -0.25) is 4.79 Å². The van der Waals surface area contributed by atoms with Gasteiger partial charge in [0.15, 0.2) is 0 Å². The minimum Gasteiger partial charge on any atom is -0.369 e. The normalized spacial score (nSPS) is 8.75. The van der Waals surface area contributed by atoms with Gasteiger partial charge in [-0.15, -0.1) is 12.4 Å². The summed E-state index contributed by atoms with van der Waals surface area (Å²) < 4.78 is 0. The molecule has 0 heterocycles. The lowest BCUT2D eigenvalue weighted by atomic mass is 10.1. The largest absolute Gasteiger partial charge is 0.369 e. The van der Waals surface area contributed by atoms with Crippen molar-refractivity contribution in [2.45, 2.75) is 6.42 Å². The van der Waals surface area contributed by atoms with Crippen molar-refractivity contribution in [3.8, 4) is 0 Å². The smallest absolute Gasteiger partial charge is 0.221 e. The molecule has 0 atom stereocenters. The Bertz CT molecular complexity index is 276. The quantitative estimate of drug-likeness (QED) is 0.787. The summed E-state index contributed by atoms with van der Waals surface area (Å²) in [5.41, 5.74) is 5.84. The molecule has 0 bridgehead atoms. The molecular formula is C8H9Cl2NO. The van der Waals surface area contributed by atoms with Crippen LogP contribution in [0.4, 0.5) is 0 Å². The Morgan fingerprint density at radius 2 is 2.17 bits per heavy atom. The third kappa shape index (κ3) is 3.60. The molecule has 1 aromatic carbocycles. The number of hydrogen-bond acceptors (Lipinski definition) is 1. The van der Waals surface area contributed by atoms with Gasteiger partial charge in [-0.2, -0.15) is 0 Å². The number of rotatable bonds is 2. The van der Waals surface area contributed by atoms with Crippen LogP contribution in [-0.4, -0.2) is 5.91 Å². The number of hydrogen-bond donors (Lipinski definition) is 1. The predicted molar refractivity (Wildman–Crippen MR) is 51.6 cm³/mol. The summed E-state index contributed by atoms with van der Waals surface area (Å²) in [4.78, 5) is 10.5. The minimum atomic E-state index is -0.340. The van der Waals surface area contributed by atoms with Crippen LogP contribution in [0.15, 0.2) is 24.3 Å². The van der Waals surface area contributed by atoms with Crippen LogP contribution in [0, 0.1) is 0 Å². The Kier molecular flexibility index (Phi) is 4.71. The Hall–Kier alpha value is -0.730. The molecule has 0 aromatic heterocycles. The van der Waals surface area contributed by atoms with Crippen molar-refractivity contribution in [2.75, 3.05) is 0 Å². The van der Waals surface area contributed by atoms with Crippen LogP contribution >= 0.6 is 24.0 Å². The van der Waals surface area contributed by atoms with E-state index in [0.29, 0.717) is 5.02 Å². The predicted octanol–water partition coefficient (Wildman–Crippen LogP) is 1.79. The molecule has 0 spiro atoms. The molecule has 1 aromatic rings. The van der Waals surface area contributed by atoms with E-state index in [4.69, 9.17) is 17.3 Å². The Morgan fingerprint density at radius 1 is 1.50 bits per heavy atom. The molecule has 0 fully saturated rings. The van der Waals surface area contributed by atoms with Crippen LogP contribution < -0.4 is 5.73 Å². The zero-order chi connectivity index (χ0) is 8.27. The maximum absolute atomic E-state index is 10.5. The number of benzene rings is 1. The molecule has 2 N–H and O–H groups in total. The molecule has 1 amide bonds. The number of carbonyl (C=O) groups is 1. The molecule has 0 aliphatic rings. The highest BCUT2D eigenvalue weighted by Gasteiger charge is 1.97. The van der Waals surface area contributed by atoms with Crippen molar-refractivity contribution in [2.24, 2.45) is 5.73 Å². The maximum atomic E-state index is 10.5. The van der Waals surface area contributed by atoms with Gasteiger partial charge in [0, 0.05) is 5.02 Å². The van der Waals surface area contributed by atoms with Gasteiger partial charge in [-0.05, 0) is 17.7 Å². The topological polar surface area (TPSA) is 43.1 Å². The number of primary amides is 1. The van der Waals surface area contributed by atoms with E-state index < -0.39 is 0 Å². The van der Waals surface area contributed by atoms with E-state index >= 15 is 0 Å². The molecule has 4 heteroatoms.